The van der Waals surface area contributed by atoms with Crippen LogP contribution in [0.5, 0.6) is 0 Å². The van der Waals surface area contributed by atoms with Gasteiger partial charge in [-0.05, 0) is 18.1 Å². The summed E-state index contributed by atoms with van der Waals surface area (Å²) < 4.78 is 0. The number of carbonyl (C=O) groups excluding carboxylic acids is 1. The van der Waals surface area contributed by atoms with Crippen molar-refractivity contribution in [2.45, 2.75) is 18.9 Å². The zero-order valence-electron chi connectivity index (χ0n) is 11.3. The lowest BCUT2D eigenvalue weighted by molar-refractivity contribution is -0.132. The molecule has 0 saturated heterocycles. The highest BCUT2D eigenvalue weighted by Gasteiger charge is 2.28. The van der Waals surface area contributed by atoms with E-state index in [1.807, 2.05) is 24.3 Å². The number of aromatic amines is 1. The highest BCUT2D eigenvalue weighted by atomic mass is 16.2. The number of carbonyl (C=O) groups is 1. The number of hydrogen-bond donors (Lipinski definition) is 2. The van der Waals surface area contributed by atoms with E-state index in [0.29, 0.717) is 12.4 Å². The molecule has 20 heavy (non-hydrogen) atoms. The zero-order chi connectivity index (χ0) is 13.9. The molecular weight excluding hydrogens is 254 g/mol. The van der Waals surface area contributed by atoms with Gasteiger partial charge in [-0.3, -0.25) is 9.89 Å². The van der Waals surface area contributed by atoms with Crippen LogP contribution in [0, 0.1) is 0 Å². The van der Waals surface area contributed by atoms with Crippen LogP contribution in [0.1, 0.15) is 23.7 Å². The summed E-state index contributed by atoms with van der Waals surface area (Å²) in [6.45, 7) is 1.27. The number of nitrogens with zero attached hydrogens (tertiary/aromatic N) is 3. The average Bonchev–Trinajstić information content (AvgIpc) is 2.99. The number of likely N-dealkylation sites (N-methyl/N-ethyl adjacent to an activating group) is 1. The van der Waals surface area contributed by atoms with E-state index in [9.17, 15) is 4.79 Å². The summed E-state index contributed by atoms with van der Waals surface area (Å²) in [6, 6.07) is 8.00. The van der Waals surface area contributed by atoms with Crippen LogP contribution in [0.3, 0.4) is 0 Å². The molecule has 0 aliphatic carbocycles. The van der Waals surface area contributed by atoms with Crippen LogP contribution in [0.15, 0.2) is 30.6 Å². The van der Waals surface area contributed by atoms with Crippen LogP contribution in [0.4, 0.5) is 5.69 Å². The Morgan fingerprint density at radius 2 is 2.30 bits per heavy atom. The quantitative estimate of drug-likeness (QED) is 0.884. The molecule has 104 valence electrons. The Bertz CT molecular complexity index is 595. The van der Waals surface area contributed by atoms with Gasteiger partial charge in [0.15, 0.2) is 0 Å². The molecule has 0 fully saturated rings. The maximum absolute atomic E-state index is 12.6. The van der Waals surface area contributed by atoms with E-state index in [1.165, 1.54) is 6.33 Å². The molecule has 2 N–H and O–H groups in total. The fourth-order valence-electron chi connectivity index (χ4n) is 2.60. The monoisotopic (exact) mass is 271 g/mol. The number of rotatable bonds is 3. The molecule has 1 aliphatic heterocycles. The lowest BCUT2D eigenvalue weighted by Gasteiger charge is -2.29. The van der Waals surface area contributed by atoms with E-state index < -0.39 is 0 Å². The summed E-state index contributed by atoms with van der Waals surface area (Å²) in [5, 5.41) is 9.91. The third-order valence-corrected chi connectivity index (χ3v) is 3.61. The van der Waals surface area contributed by atoms with Gasteiger partial charge in [-0.2, -0.15) is 5.10 Å². The maximum Gasteiger partial charge on any atom is 0.230 e. The lowest BCUT2D eigenvalue weighted by Crippen LogP contribution is -2.34. The van der Waals surface area contributed by atoms with E-state index >= 15 is 0 Å². The molecule has 6 nitrogen and oxygen atoms in total. The van der Waals surface area contributed by atoms with Crippen molar-refractivity contribution < 1.29 is 4.79 Å². The van der Waals surface area contributed by atoms with Crippen molar-refractivity contribution in [3.63, 3.8) is 0 Å². The Morgan fingerprint density at radius 3 is 3.10 bits per heavy atom. The van der Waals surface area contributed by atoms with E-state index in [1.54, 1.807) is 11.9 Å². The van der Waals surface area contributed by atoms with E-state index in [0.717, 1.165) is 24.2 Å². The number of benzene rings is 1. The second-order valence-corrected chi connectivity index (χ2v) is 4.98. The van der Waals surface area contributed by atoms with Crippen molar-refractivity contribution in [2.24, 2.45) is 0 Å². The van der Waals surface area contributed by atoms with E-state index in [2.05, 4.69) is 20.5 Å². The molecule has 1 unspecified atom stereocenters. The minimum Gasteiger partial charge on any atom is -0.385 e. The Balaban J connectivity index is 1.77. The molecule has 0 radical (unpaired) electrons. The van der Waals surface area contributed by atoms with Crippen LogP contribution < -0.4 is 5.32 Å². The number of amides is 1. The van der Waals surface area contributed by atoms with Crippen LogP contribution in [-0.2, 0) is 11.3 Å². The summed E-state index contributed by atoms with van der Waals surface area (Å²) in [4.78, 5) is 18.4. The second kappa shape index (κ2) is 5.32. The molecular formula is C14H17N5O. The fraction of sp³-hybridized carbons (Fsp3) is 0.357. The summed E-state index contributed by atoms with van der Waals surface area (Å²) in [5.41, 5.74) is 2.14. The Morgan fingerprint density at radius 1 is 1.45 bits per heavy atom. The molecule has 0 saturated carbocycles. The molecule has 1 amide bonds. The van der Waals surface area contributed by atoms with Gasteiger partial charge >= 0.3 is 0 Å². The van der Waals surface area contributed by atoms with Crippen LogP contribution in [0.2, 0.25) is 0 Å². The van der Waals surface area contributed by atoms with E-state index in [-0.39, 0.29) is 11.8 Å². The first-order valence-electron chi connectivity index (χ1n) is 6.67. The SMILES string of the molecule is CN(Cc1ncn[nH]1)C(=O)C1CCNc2ccccc21. The number of H-pyrrole nitrogens is 1. The van der Waals surface area contributed by atoms with Crippen molar-refractivity contribution in [1.82, 2.24) is 20.1 Å². The van der Waals surface area contributed by atoms with Gasteiger partial charge in [-0.15, -0.1) is 0 Å². The first-order chi connectivity index (χ1) is 9.75. The van der Waals surface area contributed by atoms with Crippen LogP contribution >= 0.6 is 0 Å². The van der Waals surface area contributed by atoms with Crippen LogP contribution in [0.25, 0.3) is 0 Å². The Kier molecular flexibility index (Phi) is 3.37. The zero-order valence-corrected chi connectivity index (χ0v) is 11.3. The molecule has 2 aromatic rings. The van der Waals surface area contributed by atoms with E-state index in [4.69, 9.17) is 0 Å². The molecule has 0 bridgehead atoms. The number of para-hydroxylation sites is 1. The minimum absolute atomic E-state index is 0.0830. The molecule has 6 heteroatoms. The molecule has 1 aromatic carbocycles. The molecule has 1 aromatic heterocycles. The highest BCUT2D eigenvalue weighted by molar-refractivity contribution is 5.86. The van der Waals surface area contributed by atoms with Crippen molar-refractivity contribution in [2.75, 3.05) is 18.9 Å². The van der Waals surface area contributed by atoms with Crippen molar-refractivity contribution in [3.05, 3.63) is 42.0 Å². The van der Waals surface area contributed by atoms with Gasteiger partial charge in [-0.1, -0.05) is 18.2 Å². The second-order valence-electron chi connectivity index (χ2n) is 4.98. The summed E-state index contributed by atoms with van der Waals surface area (Å²) in [7, 11) is 1.80. The number of aromatic nitrogens is 3. The number of anilines is 1. The van der Waals surface area contributed by atoms with Gasteiger partial charge in [0.25, 0.3) is 0 Å². The first-order valence-corrected chi connectivity index (χ1v) is 6.67. The number of nitrogens with one attached hydrogen (secondary N) is 2. The molecule has 0 spiro atoms. The standard InChI is InChI=1S/C14H17N5O/c1-19(8-13-16-9-17-18-13)14(20)11-6-7-15-12-5-3-2-4-10(11)12/h2-5,9,11,15H,6-8H2,1H3,(H,16,17,18). The molecule has 3 rings (SSSR count). The predicted molar refractivity (Wildman–Crippen MR) is 75.1 cm³/mol. The van der Waals surface area contributed by atoms with Gasteiger partial charge in [0.05, 0.1) is 12.5 Å². The Labute approximate surface area is 117 Å². The third kappa shape index (κ3) is 2.36. The van der Waals surface area contributed by atoms with Crippen molar-refractivity contribution in [1.29, 1.82) is 0 Å². The topological polar surface area (TPSA) is 73.9 Å². The van der Waals surface area contributed by atoms with Gasteiger partial charge in [0, 0.05) is 19.3 Å². The van der Waals surface area contributed by atoms with Crippen LogP contribution in [-0.4, -0.2) is 39.6 Å². The lowest BCUT2D eigenvalue weighted by atomic mass is 9.90. The van der Waals surface area contributed by atoms with Gasteiger partial charge in [-0.25, -0.2) is 4.98 Å². The normalized spacial score (nSPS) is 17.1. The number of fused-ring (bicyclic) bond motifs is 1. The average molecular weight is 271 g/mol. The maximum atomic E-state index is 12.6. The smallest absolute Gasteiger partial charge is 0.230 e. The summed E-state index contributed by atoms with van der Waals surface area (Å²) >= 11 is 0. The largest absolute Gasteiger partial charge is 0.385 e. The molecule has 2 heterocycles. The summed E-state index contributed by atoms with van der Waals surface area (Å²) in [6.07, 6.45) is 2.27. The fourth-order valence-corrected chi connectivity index (χ4v) is 2.60. The Hall–Kier alpha value is -2.37. The van der Waals surface area contributed by atoms with Gasteiger partial charge in [0.1, 0.15) is 12.2 Å². The molecule has 1 aliphatic rings. The molecule has 1 atom stereocenters. The van der Waals surface area contributed by atoms with Crippen molar-refractivity contribution in [3.8, 4) is 0 Å². The highest BCUT2D eigenvalue weighted by Crippen LogP contribution is 2.32. The third-order valence-electron chi connectivity index (χ3n) is 3.61. The van der Waals surface area contributed by atoms with Gasteiger partial charge in [0.2, 0.25) is 5.91 Å². The number of hydrogen-bond acceptors (Lipinski definition) is 4. The van der Waals surface area contributed by atoms with Crippen molar-refractivity contribution >= 4 is 11.6 Å². The first kappa shape index (κ1) is 12.7. The predicted octanol–water partition coefficient (Wildman–Crippen LogP) is 1.36. The minimum atomic E-state index is -0.0830. The van der Waals surface area contributed by atoms with Gasteiger partial charge < -0.3 is 10.2 Å². The summed E-state index contributed by atoms with van der Waals surface area (Å²) in [5.74, 6) is 0.735.